The van der Waals surface area contributed by atoms with Crippen LogP contribution in [0.15, 0.2) is 24.3 Å². The fourth-order valence-electron chi connectivity index (χ4n) is 1.51. The second-order valence-electron chi connectivity index (χ2n) is 4.34. The van der Waals surface area contributed by atoms with Crippen LogP contribution in [0.3, 0.4) is 0 Å². The molecule has 0 heterocycles. The Balaban J connectivity index is 2.61. The van der Waals surface area contributed by atoms with Gasteiger partial charge in [0, 0.05) is 18.8 Å². The molecule has 0 fully saturated rings. The van der Waals surface area contributed by atoms with Gasteiger partial charge in [0.2, 0.25) is 0 Å². The Kier molecular flexibility index (Phi) is 4.71. The van der Waals surface area contributed by atoms with Gasteiger partial charge in [-0.05, 0) is 26.0 Å². The molecule has 0 aromatic heterocycles. The van der Waals surface area contributed by atoms with E-state index in [1.165, 1.54) is 4.90 Å². The van der Waals surface area contributed by atoms with Crippen molar-refractivity contribution in [2.75, 3.05) is 11.9 Å². The van der Waals surface area contributed by atoms with E-state index in [-0.39, 0.29) is 12.5 Å². The highest BCUT2D eigenvalue weighted by atomic mass is 16.4. The largest absolute Gasteiger partial charge is 0.481 e. The van der Waals surface area contributed by atoms with Crippen LogP contribution in [0, 0.1) is 6.92 Å². The molecule has 1 atom stereocenters. The van der Waals surface area contributed by atoms with Crippen molar-refractivity contribution in [2.24, 2.45) is 0 Å². The second-order valence-corrected chi connectivity index (χ2v) is 4.34. The summed E-state index contributed by atoms with van der Waals surface area (Å²) in [6, 6.07) is 6.81. The maximum absolute atomic E-state index is 11.8. The molecule has 2 amide bonds. The zero-order valence-corrected chi connectivity index (χ0v) is 10.8. The van der Waals surface area contributed by atoms with E-state index in [2.05, 4.69) is 5.32 Å². The number of aliphatic carboxylic acids is 1. The first kappa shape index (κ1) is 14.0. The number of anilines is 1. The lowest BCUT2D eigenvalue weighted by Gasteiger charge is -2.20. The first-order chi connectivity index (χ1) is 8.40. The van der Waals surface area contributed by atoms with Gasteiger partial charge in [-0.25, -0.2) is 4.79 Å². The fourth-order valence-corrected chi connectivity index (χ4v) is 1.51. The molecule has 0 saturated heterocycles. The Hall–Kier alpha value is -2.04. The van der Waals surface area contributed by atoms with Gasteiger partial charge in [-0.1, -0.05) is 17.7 Å². The van der Waals surface area contributed by atoms with E-state index in [4.69, 9.17) is 5.11 Å². The summed E-state index contributed by atoms with van der Waals surface area (Å²) in [6.45, 7) is 3.63. The van der Waals surface area contributed by atoms with Crippen molar-refractivity contribution >= 4 is 17.7 Å². The highest BCUT2D eigenvalue weighted by Crippen LogP contribution is 2.13. The van der Waals surface area contributed by atoms with Crippen LogP contribution in [-0.2, 0) is 4.79 Å². The number of hydrogen-bond donors (Lipinski definition) is 2. The van der Waals surface area contributed by atoms with E-state index in [0.29, 0.717) is 0 Å². The minimum absolute atomic E-state index is 0.0898. The number of amides is 2. The molecule has 0 bridgehead atoms. The Morgan fingerprint density at radius 3 is 2.39 bits per heavy atom. The van der Waals surface area contributed by atoms with Crippen LogP contribution in [0.4, 0.5) is 10.5 Å². The molecular weight excluding hydrogens is 232 g/mol. The van der Waals surface area contributed by atoms with E-state index >= 15 is 0 Å². The van der Waals surface area contributed by atoms with E-state index < -0.39 is 12.0 Å². The average Bonchev–Trinajstić information content (AvgIpc) is 2.27. The first-order valence-corrected chi connectivity index (χ1v) is 5.73. The molecule has 1 aromatic carbocycles. The Labute approximate surface area is 106 Å². The number of aryl methyl sites for hydroxylation is 1. The van der Waals surface area contributed by atoms with Gasteiger partial charge in [-0.3, -0.25) is 9.69 Å². The molecule has 1 aromatic rings. The molecule has 98 valence electrons. The number of carbonyl (C=O) groups is 2. The number of urea groups is 1. The zero-order valence-electron chi connectivity index (χ0n) is 10.8. The SMILES string of the molecule is Cc1ccc(N(C)C(=O)NC(C)CC(=O)O)cc1. The number of carboxylic acids is 1. The summed E-state index contributed by atoms with van der Waals surface area (Å²) in [5, 5.41) is 11.2. The normalized spacial score (nSPS) is 11.7. The van der Waals surface area contributed by atoms with Crippen molar-refractivity contribution < 1.29 is 14.7 Å². The summed E-state index contributed by atoms with van der Waals surface area (Å²) < 4.78 is 0. The van der Waals surface area contributed by atoms with Gasteiger partial charge in [-0.2, -0.15) is 0 Å². The lowest BCUT2D eigenvalue weighted by atomic mass is 10.2. The van der Waals surface area contributed by atoms with Crippen molar-refractivity contribution in [3.63, 3.8) is 0 Å². The van der Waals surface area contributed by atoms with E-state index in [9.17, 15) is 9.59 Å². The number of carbonyl (C=O) groups excluding carboxylic acids is 1. The molecule has 0 aliphatic carbocycles. The number of nitrogens with one attached hydrogen (secondary N) is 1. The predicted molar refractivity (Wildman–Crippen MR) is 69.8 cm³/mol. The first-order valence-electron chi connectivity index (χ1n) is 5.73. The number of carboxylic acid groups (broad SMARTS) is 1. The smallest absolute Gasteiger partial charge is 0.321 e. The molecule has 18 heavy (non-hydrogen) atoms. The van der Waals surface area contributed by atoms with Crippen LogP contribution in [0.25, 0.3) is 0 Å². The van der Waals surface area contributed by atoms with Crippen LogP contribution >= 0.6 is 0 Å². The highest BCUT2D eigenvalue weighted by molar-refractivity contribution is 5.91. The molecule has 5 heteroatoms. The molecular formula is C13H18N2O3. The maximum Gasteiger partial charge on any atom is 0.321 e. The van der Waals surface area contributed by atoms with Gasteiger partial charge in [0.1, 0.15) is 0 Å². The van der Waals surface area contributed by atoms with Crippen LogP contribution in [0.2, 0.25) is 0 Å². The second kappa shape index (κ2) is 6.05. The molecule has 2 N–H and O–H groups in total. The third-order valence-electron chi connectivity index (χ3n) is 2.58. The lowest BCUT2D eigenvalue weighted by Crippen LogP contribution is -2.42. The van der Waals surface area contributed by atoms with Crippen LogP contribution in [0.5, 0.6) is 0 Å². The highest BCUT2D eigenvalue weighted by Gasteiger charge is 2.15. The third kappa shape index (κ3) is 4.08. The summed E-state index contributed by atoms with van der Waals surface area (Å²) in [7, 11) is 1.65. The monoisotopic (exact) mass is 250 g/mol. The van der Waals surface area contributed by atoms with Crippen LogP contribution < -0.4 is 10.2 Å². The summed E-state index contributed by atoms with van der Waals surface area (Å²) in [4.78, 5) is 23.8. The number of benzene rings is 1. The van der Waals surface area contributed by atoms with E-state index in [1.54, 1.807) is 14.0 Å². The lowest BCUT2D eigenvalue weighted by molar-refractivity contribution is -0.137. The van der Waals surface area contributed by atoms with Crippen molar-refractivity contribution in [3.8, 4) is 0 Å². The Morgan fingerprint density at radius 1 is 1.33 bits per heavy atom. The molecule has 1 unspecified atom stereocenters. The molecule has 0 radical (unpaired) electrons. The molecule has 0 spiro atoms. The maximum atomic E-state index is 11.8. The van der Waals surface area contributed by atoms with Crippen LogP contribution in [0.1, 0.15) is 18.9 Å². The van der Waals surface area contributed by atoms with Crippen molar-refractivity contribution in [1.29, 1.82) is 0 Å². The zero-order chi connectivity index (χ0) is 13.7. The van der Waals surface area contributed by atoms with E-state index in [1.807, 2.05) is 31.2 Å². The van der Waals surface area contributed by atoms with E-state index in [0.717, 1.165) is 11.3 Å². The molecule has 5 nitrogen and oxygen atoms in total. The molecule has 0 aliphatic heterocycles. The number of nitrogens with zero attached hydrogens (tertiary/aromatic N) is 1. The average molecular weight is 250 g/mol. The fraction of sp³-hybridized carbons (Fsp3) is 0.385. The van der Waals surface area contributed by atoms with Gasteiger partial charge in [0.05, 0.1) is 6.42 Å². The van der Waals surface area contributed by atoms with Crippen molar-refractivity contribution in [2.45, 2.75) is 26.3 Å². The minimum Gasteiger partial charge on any atom is -0.481 e. The molecule has 0 aliphatic rings. The topological polar surface area (TPSA) is 69.6 Å². The summed E-state index contributed by atoms with van der Waals surface area (Å²) in [5.74, 6) is -0.930. The van der Waals surface area contributed by atoms with Crippen molar-refractivity contribution in [1.82, 2.24) is 5.32 Å². The third-order valence-corrected chi connectivity index (χ3v) is 2.58. The van der Waals surface area contributed by atoms with Gasteiger partial charge in [0.15, 0.2) is 0 Å². The molecule has 0 saturated carbocycles. The predicted octanol–water partition coefficient (Wildman–Crippen LogP) is 2.00. The summed E-state index contributed by atoms with van der Waals surface area (Å²) in [5.41, 5.74) is 1.88. The van der Waals surface area contributed by atoms with Crippen LogP contribution in [-0.4, -0.2) is 30.2 Å². The Bertz CT molecular complexity index is 428. The minimum atomic E-state index is -0.930. The van der Waals surface area contributed by atoms with Gasteiger partial charge >= 0.3 is 12.0 Å². The van der Waals surface area contributed by atoms with Crippen molar-refractivity contribution in [3.05, 3.63) is 29.8 Å². The Morgan fingerprint density at radius 2 is 1.89 bits per heavy atom. The summed E-state index contributed by atoms with van der Waals surface area (Å²) in [6.07, 6.45) is -0.0898. The number of hydrogen-bond acceptors (Lipinski definition) is 2. The quantitative estimate of drug-likeness (QED) is 0.858. The number of rotatable bonds is 4. The summed E-state index contributed by atoms with van der Waals surface area (Å²) >= 11 is 0. The standard InChI is InChI=1S/C13H18N2O3/c1-9-4-6-11(7-5-9)15(3)13(18)14-10(2)8-12(16)17/h4-7,10H,8H2,1-3H3,(H,14,18)(H,16,17). The van der Waals surface area contributed by atoms with Gasteiger partial charge in [-0.15, -0.1) is 0 Å². The van der Waals surface area contributed by atoms with Gasteiger partial charge < -0.3 is 10.4 Å². The molecule has 1 rings (SSSR count). The van der Waals surface area contributed by atoms with Gasteiger partial charge in [0.25, 0.3) is 0 Å².